The molecular formula is C19H17F3N4OS. The average Bonchev–Trinajstić information content (AvgIpc) is 3.02. The lowest BCUT2D eigenvalue weighted by Crippen LogP contribution is -2.24. The smallest absolute Gasteiger partial charge is 0.404 e. The van der Waals surface area contributed by atoms with Gasteiger partial charge in [0.25, 0.3) is 0 Å². The third kappa shape index (κ3) is 5.23. The number of nitrogens with zero attached hydrogens (tertiary/aromatic N) is 2. The van der Waals surface area contributed by atoms with Crippen molar-refractivity contribution in [2.75, 3.05) is 5.32 Å². The van der Waals surface area contributed by atoms with Crippen molar-refractivity contribution in [3.8, 4) is 16.3 Å². The summed E-state index contributed by atoms with van der Waals surface area (Å²) in [5, 5.41) is 3.52. The quantitative estimate of drug-likeness (QED) is 0.465. The number of aromatic nitrogens is 1. The molecule has 0 bridgehead atoms. The molecule has 0 saturated heterocycles. The van der Waals surface area contributed by atoms with Gasteiger partial charge in [-0.05, 0) is 19.1 Å². The number of alkyl halides is 3. The number of aryl methyl sites for hydroxylation is 1. The van der Waals surface area contributed by atoms with Crippen LogP contribution in [-0.4, -0.2) is 17.3 Å². The molecule has 146 valence electrons. The van der Waals surface area contributed by atoms with Gasteiger partial charge >= 0.3 is 6.36 Å². The van der Waals surface area contributed by atoms with Crippen LogP contribution in [0.3, 0.4) is 0 Å². The summed E-state index contributed by atoms with van der Waals surface area (Å²) >= 11 is 1.50. The highest BCUT2D eigenvalue weighted by molar-refractivity contribution is 7.15. The first-order valence-corrected chi connectivity index (χ1v) is 9.07. The third-order valence-electron chi connectivity index (χ3n) is 3.68. The monoisotopic (exact) mass is 406 g/mol. The Hall–Kier alpha value is -3.07. The van der Waals surface area contributed by atoms with Gasteiger partial charge in [0.1, 0.15) is 5.01 Å². The van der Waals surface area contributed by atoms with Gasteiger partial charge in [0.2, 0.25) is 0 Å². The van der Waals surface area contributed by atoms with Crippen molar-refractivity contribution in [3.63, 3.8) is 0 Å². The maximum absolute atomic E-state index is 12.5. The molecule has 0 atom stereocenters. The molecule has 0 unspecified atom stereocenters. The molecule has 1 aromatic heterocycles. The van der Waals surface area contributed by atoms with E-state index in [-0.39, 0.29) is 23.9 Å². The Balaban J connectivity index is 1.72. The van der Waals surface area contributed by atoms with Gasteiger partial charge in [-0.1, -0.05) is 42.5 Å². The van der Waals surface area contributed by atoms with E-state index < -0.39 is 6.36 Å². The number of para-hydroxylation sites is 2. The van der Waals surface area contributed by atoms with Crippen molar-refractivity contribution in [2.45, 2.75) is 19.8 Å². The maximum atomic E-state index is 12.5. The van der Waals surface area contributed by atoms with Crippen LogP contribution in [0.2, 0.25) is 0 Å². The lowest BCUT2D eigenvalue weighted by atomic mass is 10.2. The summed E-state index contributed by atoms with van der Waals surface area (Å²) in [5.74, 6) is -0.402. The van der Waals surface area contributed by atoms with Crippen molar-refractivity contribution in [3.05, 3.63) is 65.2 Å². The second kappa shape index (κ2) is 8.30. The standard InChI is InChI=1S/C19H17F3N4OS/c1-12-16(28-17(25-12)13-7-3-2-4-8-13)11-24-18(23)26-14-9-5-6-10-15(14)27-19(20,21)22/h2-10H,11H2,1H3,(H3,23,24,26). The second-order valence-electron chi connectivity index (χ2n) is 5.76. The highest BCUT2D eigenvalue weighted by Crippen LogP contribution is 2.30. The Morgan fingerprint density at radius 2 is 1.82 bits per heavy atom. The van der Waals surface area contributed by atoms with E-state index >= 15 is 0 Å². The fraction of sp³-hybridized carbons (Fsp3) is 0.158. The summed E-state index contributed by atoms with van der Waals surface area (Å²) in [6.07, 6.45) is -4.79. The molecule has 0 aliphatic heterocycles. The molecule has 0 aliphatic carbocycles. The fourth-order valence-electron chi connectivity index (χ4n) is 2.40. The zero-order valence-corrected chi connectivity index (χ0v) is 15.6. The topological polar surface area (TPSA) is 72.5 Å². The van der Waals surface area contributed by atoms with Gasteiger partial charge in [-0.15, -0.1) is 24.5 Å². The van der Waals surface area contributed by atoms with Crippen LogP contribution in [0.25, 0.3) is 10.6 Å². The van der Waals surface area contributed by atoms with Crippen LogP contribution in [-0.2, 0) is 6.54 Å². The molecule has 3 N–H and O–H groups in total. The van der Waals surface area contributed by atoms with Crippen molar-refractivity contribution in [1.29, 1.82) is 0 Å². The van der Waals surface area contributed by atoms with Crippen LogP contribution in [0.4, 0.5) is 18.9 Å². The summed E-state index contributed by atoms with van der Waals surface area (Å²) in [6.45, 7) is 2.14. The SMILES string of the molecule is Cc1nc(-c2ccccc2)sc1CN=C(N)Nc1ccccc1OC(F)(F)F. The van der Waals surface area contributed by atoms with E-state index in [1.54, 1.807) is 6.07 Å². The van der Waals surface area contributed by atoms with Crippen molar-refractivity contribution in [1.82, 2.24) is 4.98 Å². The highest BCUT2D eigenvalue weighted by atomic mass is 32.1. The van der Waals surface area contributed by atoms with Crippen LogP contribution < -0.4 is 15.8 Å². The molecule has 0 radical (unpaired) electrons. The number of guanidine groups is 1. The van der Waals surface area contributed by atoms with Gasteiger partial charge in [-0.25, -0.2) is 9.98 Å². The van der Waals surface area contributed by atoms with E-state index in [0.717, 1.165) is 21.1 Å². The van der Waals surface area contributed by atoms with E-state index in [2.05, 4.69) is 20.0 Å². The van der Waals surface area contributed by atoms with Gasteiger partial charge in [-0.3, -0.25) is 0 Å². The van der Waals surface area contributed by atoms with Crippen LogP contribution >= 0.6 is 11.3 Å². The van der Waals surface area contributed by atoms with Gasteiger partial charge in [0.05, 0.1) is 17.9 Å². The van der Waals surface area contributed by atoms with Gasteiger partial charge in [0.15, 0.2) is 11.7 Å². The first-order chi connectivity index (χ1) is 13.3. The normalized spacial score (nSPS) is 12.1. The molecule has 28 heavy (non-hydrogen) atoms. The second-order valence-corrected chi connectivity index (χ2v) is 6.85. The Morgan fingerprint density at radius 3 is 2.54 bits per heavy atom. The number of rotatable bonds is 5. The Morgan fingerprint density at radius 1 is 1.14 bits per heavy atom. The van der Waals surface area contributed by atoms with E-state index in [9.17, 15) is 13.2 Å². The molecule has 9 heteroatoms. The lowest BCUT2D eigenvalue weighted by Gasteiger charge is -2.14. The van der Waals surface area contributed by atoms with Crippen LogP contribution in [0.5, 0.6) is 5.75 Å². The summed E-state index contributed by atoms with van der Waals surface area (Å²) in [7, 11) is 0. The summed E-state index contributed by atoms with van der Waals surface area (Å²) in [6, 6.07) is 15.4. The van der Waals surface area contributed by atoms with Crippen LogP contribution in [0, 0.1) is 6.92 Å². The number of nitrogens with two attached hydrogens (primary N) is 1. The molecular weight excluding hydrogens is 389 g/mol. The van der Waals surface area contributed by atoms with E-state index in [1.165, 1.54) is 29.5 Å². The largest absolute Gasteiger partial charge is 0.573 e. The molecule has 3 aromatic rings. The van der Waals surface area contributed by atoms with E-state index in [1.807, 2.05) is 37.3 Å². The number of anilines is 1. The minimum Gasteiger partial charge on any atom is -0.404 e. The van der Waals surface area contributed by atoms with E-state index in [0.29, 0.717) is 0 Å². The molecule has 1 heterocycles. The van der Waals surface area contributed by atoms with Crippen molar-refractivity contribution < 1.29 is 17.9 Å². The molecule has 0 spiro atoms. The third-order valence-corrected chi connectivity index (χ3v) is 4.87. The molecule has 2 aromatic carbocycles. The minimum absolute atomic E-state index is 0.0210. The summed E-state index contributed by atoms with van der Waals surface area (Å²) < 4.78 is 41.5. The predicted molar refractivity (Wildman–Crippen MR) is 104 cm³/mol. The molecule has 0 fully saturated rings. The number of thiazole rings is 1. The number of ether oxygens (including phenoxy) is 1. The maximum Gasteiger partial charge on any atom is 0.573 e. The number of hydrogen-bond donors (Lipinski definition) is 2. The van der Waals surface area contributed by atoms with Gasteiger partial charge in [0, 0.05) is 10.4 Å². The number of nitrogens with one attached hydrogen (secondary N) is 1. The fourth-order valence-corrected chi connectivity index (χ4v) is 3.39. The predicted octanol–water partition coefficient (Wildman–Crippen LogP) is 4.94. The Kier molecular flexibility index (Phi) is 5.84. The Bertz CT molecular complexity index is 971. The average molecular weight is 406 g/mol. The van der Waals surface area contributed by atoms with E-state index in [4.69, 9.17) is 5.73 Å². The number of aliphatic imine (C=N–C) groups is 1. The molecule has 0 amide bonds. The first kappa shape index (κ1) is 19.7. The first-order valence-electron chi connectivity index (χ1n) is 8.25. The zero-order chi connectivity index (χ0) is 20.1. The minimum atomic E-state index is -4.79. The Labute approximate surface area is 163 Å². The lowest BCUT2D eigenvalue weighted by molar-refractivity contribution is -0.274. The summed E-state index contributed by atoms with van der Waals surface area (Å²) in [4.78, 5) is 9.67. The van der Waals surface area contributed by atoms with Crippen LogP contribution in [0.15, 0.2) is 59.6 Å². The van der Waals surface area contributed by atoms with Crippen molar-refractivity contribution in [2.24, 2.45) is 10.7 Å². The number of halogens is 3. The van der Waals surface area contributed by atoms with Crippen molar-refractivity contribution >= 4 is 23.0 Å². The van der Waals surface area contributed by atoms with Gasteiger partial charge in [-0.2, -0.15) is 0 Å². The summed E-state index contributed by atoms with van der Waals surface area (Å²) in [5.41, 5.74) is 7.76. The highest BCUT2D eigenvalue weighted by Gasteiger charge is 2.32. The molecule has 5 nitrogen and oxygen atoms in total. The van der Waals surface area contributed by atoms with Crippen LogP contribution in [0.1, 0.15) is 10.6 Å². The number of benzene rings is 2. The molecule has 3 rings (SSSR count). The molecule has 0 aliphatic rings. The zero-order valence-electron chi connectivity index (χ0n) is 14.8. The number of hydrogen-bond acceptors (Lipinski definition) is 4. The van der Waals surface area contributed by atoms with Gasteiger partial charge < -0.3 is 15.8 Å². The molecule has 0 saturated carbocycles.